The van der Waals surface area contributed by atoms with Crippen molar-refractivity contribution in [3.05, 3.63) is 0 Å². The van der Waals surface area contributed by atoms with Gasteiger partial charge in [0.2, 0.25) is 5.91 Å². The summed E-state index contributed by atoms with van der Waals surface area (Å²) in [4.78, 5) is 15.5. The van der Waals surface area contributed by atoms with Crippen molar-refractivity contribution in [2.45, 2.75) is 45.1 Å². The van der Waals surface area contributed by atoms with E-state index in [0.29, 0.717) is 0 Å². The van der Waals surface area contributed by atoms with Crippen molar-refractivity contribution >= 4 is 5.91 Å². The van der Waals surface area contributed by atoms with Gasteiger partial charge in [-0.3, -0.25) is 9.69 Å². The van der Waals surface area contributed by atoms with E-state index in [1.807, 2.05) is 4.90 Å². The smallest absolute Gasteiger partial charge is 0.219 e. The number of carbonyl (C=O) groups excluding carboxylic acids is 1. The van der Waals surface area contributed by atoms with E-state index < -0.39 is 5.60 Å². The van der Waals surface area contributed by atoms with Crippen LogP contribution in [-0.2, 0) is 4.79 Å². The molecule has 104 valence electrons. The quantitative estimate of drug-likeness (QED) is 0.802. The highest BCUT2D eigenvalue weighted by atomic mass is 16.3. The second-order valence-electron chi connectivity index (χ2n) is 6.19. The van der Waals surface area contributed by atoms with E-state index in [4.69, 9.17) is 0 Å². The lowest BCUT2D eigenvalue weighted by atomic mass is 9.79. The van der Waals surface area contributed by atoms with Crippen LogP contribution in [0.5, 0.6) is 0 Å². The third-order valence-corrected chi connectivity index (χ3v) is 4.54. The van der Waals surface area contributed by atoms with E-state index in [0.717, 1.165) is 64.3 Å². The molecule has 4 heteroatoms. The van der Waals surface area contributed by atoms with E-state index in [1.54, 1.807) is 6.92 Å². The molecule has 0 bridgehead atoms. The first-order valence-corrected chi connectivity index (χ1v) is 7.19. The summed E-state index contributed by atoms with van der Waals surface area (Å²) >= 11 is 0. The molecule has 1 saturated carbocycles. The number of β-amino-alcohol motifs (C(OH)–C–C–N with tert-alkyl or cyclic N) is 1. The Balaban J connectivity index is 1.79. The van der Waals surface area contributed by atoms with Crippen LogP contribution in [-0.4, -0.2) is 59.1 Å². The summed E-state index contributed by atoms with van der Waals surface area (Å²) in [6.07, 6.45) is 4.15. The molecule has 18 heavy (non-hydrogen) atoms. The van der Waals surface area contributed by atoms with Crippen molar-refractivity contribution in [3.8, 4) is 0 Å². The first-order chi connectivity index (χ1) is 8.48. The molecule has 0 spiro atoms. The number of amides is 1. The van der Waals surface area contributed by atoms with Gasteiger partial charge in [-0.1, -0.05) is 6.92 Å². The van der Waals surface area contributed by atoms with Crippen LogP contribution in [0.25, 0.3) is 0 Å². The van der Waals surface area contributed by atoms with Gasteiger partial charge in [-0.15, -0.1) is 0 Å². The zero-order valence-corrected chi connectivity index (χ0v) is 11.7. The Bertz CT molecular complexity index is 290. The van der Waals surface area contributed by atoms with Gasteiger partial charge in [0, 0.05) is 39.6 Å². The van der Waals surface area contributed by atoms with Crippen molar-refractivity contribution in [2.75, 3.05) is 32.7 Å². The van der Waals surface area contributed by atoms with Crippen molar-refractivity contribution in [3.63, 3.8) is 0 Å². The number of hydrogen-bond acceptors (Lipinski definition) is 3. The van der Waals surface area contributed by atoms with Crippen molar-refractivity contribution in [2.24, 2.45) is 5.92 Å². The highest BCUT2D eigenvalue weighted by Gasteiger charge is 2.34. The SMILES string of the molecule is CC(=O)N1CCN(CC2(O)CCC(C)CC2)CC1. The Morgan fingerprint density at radius 1 is 1.22 bits per heavy atom. The Morgan fingerprint density at radius 2 is 1.78 bits per heavy atom. The van der Waals surface area contributed by atoms with E-state index in [1.165, 1.54) is 0 Å². The largest absolute Gasteiger partial charge is 0.389 e. The predicted octanol–water partition coefficient (Wildman–Crippen LogP) is 1.09. The van der Waals surface area contributed by atoms with Gasteiger partial charge < -0.3 is 10.0 Å². The minimum atomic E-state index is -0.481. The second-order valence-corrected chi connectivity index (χ2v) is 6.19. The molecule has 0 radical (unpaired) electrons. The third kappa shape index (κ3) is 3.45. The Hall–Kier alpha value is -0.610. The maximum Gasteiger partial charge on any atom is 0.219 e. The first-order valence-electron chi connectivity index (χ1n) is 7.19. The minimum Gasteiger partial charge on any atom is -0.389 e. The van der Waals surface area contributed by atoms with Gasteiger partial charge >= 0.3 is 0 Å². The molecule has 0 unspecified atom stereocenters. The molecule has 1 N–H and O–H groups in total. The summed E-state index contributed by atoms with van der Waals surface area (Å²) in [6.45, 7) is 8.10. The lowest BCUT2D eigenvalue weighted by Gasteiger charge is -2.41. The number of hydrogen-bond donors (Lipinski definition) is 1. The first kappa shape index (κ1) is 13.8. The maximum atomic E-state index is 11.3. The average Bonchev–Trinajstić information content (AvgIpc) is 2.34. The number of aliphatic hydroxyl groups is 1. The molecule has 1 aliphatic carbocycles. The Morgan fingerprint density at radius 3 is 2.28 bits per heavy atom. The molecule has 1 aliphatic heterocycles. The zero-order valence-electron chi connectivity index (χ0n) is 11.7. The summed E-state index contributed by atoms with van der Waals surface area (Å²) in [5, 5.41) is 10.6. The van der Waals surface area contributed by atoms with Crippen molar-refractivity contribution in [1.29, 1.82) is 0 Å². The zero-order chi connectivity index (χ0) is 13.2. The normalized spacial score (nSPS) is 34.6. The van der Waals surface area contributed by atoms with Gasteiger partial charge in [-0.25, -0.2) is 0 Å². The van der Waals surface area contributed by atoms with Crippen LogP contribution in [0.15, 0.2) is 0 Å². The van der Waals surface area contributed by atoms with E-state index in [-0.39, 0.29) is 5.91 Å². The summed E-state index contributed by atoms with van der Waals surface area (Å²) in [6, 6.07) is 0. The predicted molar refractivity (Wildman–Crippen MR) is 71.3 cm³/mol. The molecule has 1 amide bonds. The highest BCUT2D eigenvalue weighted by molar-refractivity contribution is 5.73. The molecule has 1 heterocycles. The Labute approximate surface area is 110 Å². The van der Waals surface area contributed by atoms with Crippen LogP contribution >= 0.6 is 0 Å². The summed E-state index contributed by atoms with van der Waals surface area (Å²) in [7, 11) is 0. The van der Waals surface area contributed by atoms with E-state index >= 15 is 0 Å². The molecule has 4 nitrogen and oxygen atoms in total. The fourth-order valence-electron chi connectivity index (χ4n) is 3.09. The molecule has 0 aromatic heterocycles. The van der Waals surface area contributed by atoms with Gasteiger partial charge in [0.15, 0.2) is 0 Å². The topological polar surface area (TPSA) is 43.8 Å². The van der Waals surface area contributed by atoms with Gasteiger partial charge in [0.05, 0.1) is 5.60 Å². The molecule has 2 rings (SSSR count). The monoisotopic (exact) mass is 254 g/mol. The molecule has 0 aromatic carbocycles. The van der Waals surface area contributed by atoms with Crippen LogP contribution in [0.3, 0.4) is 0 Å². The molecular formula is C14H26N2O2. The third-order valence-electron chi connectivity index (χ3n) is 4.54. The standard InChI is InChI=1S/C14H26N2O2/c1-12-3-5-14(18,6-4-12)11-15-7-9-16(10-8-15)13(2)17/h12,18H,3-11H2,1-2H3. The van der Waals surface area contributed by atoms with Crippen molar-refractivity contribution < 1.29 is 9.90 Å². The van der Waals surface area contributed by atoms with Gasteiger partial charge in [-0.2, -0.15) is 0 Å². The van der Waals surface area contributed by atoms with Crippen LogP contribution in [0.1, 0.15) is 39.5 Å². The molecule has 2 aliphatic rings. The number of piperazine rings is 1. The number of carbonyl (C=O) groups is 1. The average molecular weight is 254 g/mol. The number of nitrogens with zero attached hydrogens (tertiary/aromatic N) is 2. The summed E-state index contributed by atoms with van der Waals surface area (Å²) in [5.41, 5.74) is -0.481. The fourth-order valence-corrected chi connectivity index (χ4v) is 3.09. The maximum absolute atomic E-state index is 11.3. The summed E-state index contributed by atoms with van der Waals surface area (Å²) in [5.74, 6) is 0.930. The molecule has 0 aromatic rings. The molecular weight excluding hydrogens is 228 g/mol. The lowest BCUT2D eigenvalue weighted by molar-refractivity contribution is -0.131. The van der Waals surface area contributed by atoms with Gasteiger partial charge in [-0.05, 0) is 31.6 Å². The van der Waals surface area contributed by atoms with E-state index in [9.17, 15) is 9.90 Å². The molecule has 0 atom stereocenters. The Kier molecular flexibility index (Phi) is 4.28. The van der Waals surface area contributed by atoms with Gasteiger partial charge in [0.25, 0.3) is 0 Å². The second kappa shape index (κ2) is 5.57. The number of rotatable bonds is 2. The van der Waals surface area contributed by atoms with Crippen LogP contribution in [0.2, 0.25) is 0 Å². The fraction of sp³-hybridized carbons (Fsp3) is 0.929. The molecule has 1 saturated heterocycles. The lowest BCUT2D eigenvalue weighted by Crippen LogP contribution is -2.53. The van der Waals surface area contributed by atoms with Crippen LogP contribution in [0, 0.1) is 5.92 Å². The van der Waals surface area contributed by atoms with Crippen LogP contribution < -0.4 is 0 Å². The summed E-state index contributed by atoms with van der Waals surface area (Å²) < 4.78 is 0. The molecule has 2 fully saturated rings. The van der Waals surface area contributed by atoms with Crippen LogP contribution in [0.4, 0.5) is 0 Å². The minimum absolute atomic E-state index is 0.167. The van der Waals surface area contributed by atoms with Gasteiger partial charge in [0.1, 0.15) is 0 Å². The van der Waals surface area contributed by atoms with Crippen molar-refractivity contribution in [1.82, 2.24) is 9.80 Å². The van der Waals surface area contributed by atoms with E-state index in [2.05, 4.69) is 11.8 Å². The highest BCUT2D eigenvalue weighted by Crippen LogP contribution is 2.32.